The van der Waals surface area contributed by atoms with E-state index in [0.717, 1.165) is 22.3 Å². The summed E-state index contributed by atoms with van der Waals surface area (Å²) in [6.45, 7) is 9.51. The Morgan fingerprint density at radius 1 is 0.974 bits per heavy atom. The highest BCUT2D eigenvalue weighted by Crippen LogP contribution is 2.40. The first kappa shape index (κ1) is 28.1. The van der Waals surface area contributed by atoms with Crippen molar-refractivity contribution in [3.8, 4) is 5.75 Å². The van der Waals surface area contributed by atoms with Crippen molar-refractivity contribution in [2.45, 2.75) is 52.2 Å². The Balaban J connectivity index is 1.70. The number of amides is 1. The summed E-state index contributed by atoms with van der Waals surface area (Å²) >= 11 is 0. The lowest BCUT2D eigenvalue weighted by Gasteiger charge is -2.26. The second kappa shape index (κ2) is 11.9. The van der Waals surface area contributed by atoms with Crippen molar-refractivity contribution in [2.75, 3.05) is 20.3 Å². The molecule has 0 saturated carbocycles. The van der Waals surface area contributed by atoms with Gasteiger partial charge in [0.15, 0.2) is 0 Å². The number of carbonyl (C=O) groups excluding carboxylic acids is 2. The number of hydrogen-bond donors (Lipinski definition) is 1. The van der Waals surface area contributed by atoms with E-state index in [2.05, 4.69) is 20.8 Å². The van der Waals surface area contributed by atoms with Gasteiger partial charge in [-0.15, -0.1) is 0 Å². The third kappa shape index (κ3) is 6.23. The fourth-order valence-electron chi connectivity index (χ4n) is 4.85. The maximum absolute atomic E-state index is 13.3. The van der Waals surface area contributed by atoms with E-state index in [-0.39, 0.29) is 16.7 Å². The van der Waals surface area contributed by atoms with Crippen molar-refractivity contribution >= 4 is 17.4 Å². The Kier molecular flexibility index (Phi) is 8.56. The molecule has 6 nitrogen and oxygen atoms in total. The van der Waals surface area contributed by atoms with Gasteiger partial charge in [0, 0.05) is 25.8 Å². The van der Waals surface area contributed by atoms with Crippen molar-refractivity contribution in [3.05, 3.63) is 106 Å². The van der Waals surface area contributed by atoms with Crippen molar-refractivity contribution < 1.29 is 24.2 Å². The molecule has 1 N–H and O–H groups in total. The van der Waals surface area contributed by atoms with E-state index in [1.807, 2.05) is 61.5 Å². The van der Waals surface area contributed by atoms with Gasteiger partial charge >= 0.3 is 0 Å². The molecule has 3 aromatic carbocycles. The van der Waals surface area contributed by atoms with E-state index in [1.165, 1.54) is 0 Å². The maximum Gasteiger partial charge on any atom is 0.295 e. The Bertz CT molecular complexity index is 1350. The lowest BCUT2D eigenvalue weighted by molar-refractivity contribution is -0.140. The number of likely N-dealkylation sites (tertiary alicyclic amines) is 1. The van der Waals surface area contributed by atoms with Gasteiger partial charge in [-0.3, -0.25) is 9.59 Å². The molecule has 4 rings (SSSR count). The van der Waals surface area contributed by atoms with Gasteiger partial charge in [-0.25, -0.2) is 0 Å². The summed E-state index contributed by atoms with van der Waals surface area (Å²) in [5, 5.41) is 11.5. The number of benzene rings is 3. The van der Waals surface area contributed by atoms with Crippen LogP contribution in [0.4, 0.5) is 0 Å². The summed E-state index contributed by atoms with van der Waals surface area (Å²) < 4.78 is 11.2. The fraction of sp³-hybridized carbons (Fsp3) is 0.333. The number of aliphatic hydroxyl groups is 1. The Morgan fingerprint density at radius 2 is 1.67 bits per heavy atom. The minimum absolute atomic E-state index is 0.0410. The minimum atomic E-state index is -0.690. The van der Waals surface area contributed by atoms with E-state index < -0.39 is 17.7 Å². The molecule has 6 heteroatoms. The van der Waals surface area contributed by atoms with E-state index >= 15 is 0 Å². The molecule has 39 heavy (non-hydrogen) atoms. The van der Waals surface area contributed by atoms with Crippen LogP contribution in [0.15, 0.2) is 78.4 Å². The lowest BCUT2D eigenvalue weighted by Crippen LogP contribution is -2.31. The number of aliphatic hydroxyl groups excluding tert-OH is 1. The van der Waals surface area contributed by atoms with Crippen LogP contribution >= 0.6 is 0 Å². The summed E-state index contributed by atoms with van der Waals surface area (Å²) in [6, 6.07) is 22.4. The average Bonchev–Trinajstić information content (AvgIpc) is 3.17. The molecule has 1 unspecified atom stereocenters. The number of Topliss-reactive ketones (excluding diaryl/α,β-unsaturated/α-hetero) is 1. The topological polar surface area (TPSA) is 76.1 Å². The van der Waals surface area contributed by atoms with Crippen molar-refractivity contribution in [1.82, 2.24) is 4.90 Å². The van der Waals surface area contributed by atoms with E-state index in [9.17, 15) is 14.7 Å². The normalized spacial score (nSPS) is 17.1. The highest BCUT2D eigenvalue weighted by molar-refractivity contribution is 6.46. The number of ether oxygens (including phenoxy) is 2. The number of ketones is 1. The first-order valence-electron chi connectivity index (χ1n) is 13.3. The number of carbonyl (C=O) groups is 2. The third-order valence-corrected chi connectivity index (χ3v) is 7.07. The van der Waals surface area contributed by atoms with Gasteiger partial charge in [-0.1, -0.05) is 75.4 Å². The van der Waals surface area contributed by atoms with Gasteiger partial charge in [-0.05, 0) is 59.2 Å². The van der Waals surface area contributed by atoms with Crippen LogP contribution in [0.1, 0.15) is 61.1 Å². The van der Waals surface area contributed by atoms with Crippen LogP contribution in [0.5, 0.6) is 5.75 Å². The van der Waals surface area contributed by atoms with E-state index in [1.54, 1.807) is 30.2 Å². The third-order valence-electron chi connectivity index (χ3n) is 7.07. The zero-order valence-corrected chi connectivity index (χ0v) is 23.4. The van der Waals surface area contributed by atoms with Gasteiger partial charge in [0.1, 0.15) is 18.1 Å². The summed E-state index contributed by atoms with van der Waals surface area (Å²) in [4.78, 5) is 28.0. The predicted octanol–water partition coefficient (Wildman–Crippen LogP) is 6.33. The lowest BCUT2D eigenvalue weighted by atomic mass is 9.85. The Morgan fingerprint density at radius 3 is 2.28 bits per heavy atom. The molecular formula is C33H37NO5. The quantitative estimate of drug-likeness (QED) is 0.152. The summed E-state index contributed by atoms with van der Waals surface area (Å²) in [5.41, 5.74) is 4.31. The standard InChI is InChI=1S/C33H37NO5/c1-22-20-25(14-17-27(22)39-21-23-10-7-6-8-11-23)30(35)28-29(24-12-15-26(16-13-24)33(2,3)4)34(18-9-19-38-5)32(37)31(28)36/h6-8,10-17,20,29,35H,9,18-19,21H2,1-5H3/b30-28-. The molecule has 1 amide bonds. The van der Waals surface area contributed by atoms with Crippen molar-refractivity contribution in [2.24, 2.45) is 0 Å². The van der Waals surface area contributed by atoms with Crippen LogP contribution < -0.4 is 4.74 Å². The molecule has 1 atom stereocenters. The minimum Gasteiger partial charge on any atom is -0.507 e. The molecule has 1 aliphatic heterocycles. The smallest absolute Gasteiger partial charge is 0.295 e. The largest absolute Gasteiger partial charge is 0.507 e. The molecule has 0 aromatic heterocycles. The first-order chi connectivity index (χ1) is 18.6. The number of aryl methyl sites for hydroxylation is 1. The SMILES string of the molecule is COCCCN1C(=O)C(=O)/C(=C(\O)c2ccc(OCc3ccccc3)c(C)c2)C1c1ccc(C(C)(C)C)cc1. The molecular weight excluding hydrogens is 490 g/mol. The number of hydrogen-bond acceptors (Lipinski definition) is 5. The van der Waals surface area contributed by atoms with Gasteiger partial charge in [0.25, 0.3) is 11.7 Å². The van der Waals surface area contributed by atoms with Crippen molar-refractivity contribution in [3.63, 3.8) is 0 Å². The van der Waals surface area contributed by atoms with E-state index in [0.29, 0.717) is 37.5 Å². The molecule has 1 heterocycles. The van der Waals surface area contributed by atoms with Gasteiger partial charge in [0.2, 0.25) is 0 Å². The van der Waals surface area contributed by atoms with Crippen LogP contribution in [0, 0.1) is 6.92 Å². The Labute approximate surface area is 230 Å². The second-order valence-corrected chi connectivity index (χ2v) is 11.0. The number of nitrogens with zero attached hydrogens (tertiary/aromatic N) is 1. The maximum atomic E-state index is 13.3. The molecule has 0 radical (unpaired) electrons. The van der Waals surface area contributed by atoms with Crippen molar-refractivity contribution in [1.29, 1.82) is 0 Å². The van der Waals surface area contributed by atoms with Crippen LogP contribution in [-0.4, -0.2) is 42.0 Å². The molecule has 0 aliphatic carbocycles. The Hall–Kier alpha value is -3.90. The molecule has 0 bridgehead atoms. The molecule has 0 spiro atoms. The molecule has 3 aromatic rings. The van der Waals surface area contributed by atoms with E-state index in [4.69, 9.17) is 9.47 Å². The fourth-order valence-corrected chi connectivity index (χ4v) is 4.85. The highest BCUT2D eigenvalue weighted by atomic mass is 16.5. The first-order valence-corrected chi connectivity index (χ1v) is 13.3. The highest BCUT2D eigenvalue weighted by Gasteiger charge is 2.45. The molecule has 1 fully saturated rings. The second-order valence-electron chi connectivity index (χ2n) is 11.0. The summed E-state index contributed by atoms with van der Waals surface area (Å²) in [7, 11) is 1.60. The average molecular weight is 528 g/mol. The summed E-state index contributed by atoms with van der Waals surface area (Å²) in [6.07, 6.45) is 0.576. The predicted molar refractivity (Wildman–Crippen MR) is 153 cm³/mol. The summed E-state index contributed by atoms with van der Waals surface area (Å²) in [5.74, 6) is -0.802. The van der Waals surface area contributed by atoms with Crippen LogP contribution in [0.3, 0.4) is 0 Å². The number of rotatable bonds is 9. The molecule has 1 aliphatic rings. The molecule has 1 saturated heterocycles. The monoisotopic (exact) mass is 527 g/mol. The van der Waals surface area contributed by atoms with Crippen LogP contribution in [-0.2, 0) is 26.3 Å². The number of methoxy groups -OCH3 is 1. The molecule has 204 valence electrons. The van der Waals surface area contributed by atoms with Gasteiger partial charge < -0.3 is 19.5 Å². The zero-order chi connectivity index (χ0) is 28.2. The zero-order valence-electron chi connectivity index (χ0n) is 23.4. The van der Waals surface area contributed by atoms with Gasteiger partial charge in [-0.2, -0.15) is 0 Å². The van der Waals surface area contributed by atoms with Crippen LogP contribution in [0.25, 0.3) is 5.76 Å². The van der Waals surface area contributed by atoms with Crippen LogP contribution in [0.2, 0.25) is 0 Å². The van der Waals surface area contributed by atoms with Gasteiger partial charge in [0.05, 0.1) is 11.6 Å².